The minimum atomic E-state index is -1.46. The van der Waals surface area contributed by atoms with E-state index in [2.05, 4.69) is 56.7 Å². The number of hydrogen-bond donors (Lipinski definition) is 10. The molecule has 20 heteroatoms. The molecule has 16 nitrogen and oxygen atoms in total. The van der Waals surface area contributed by atoms with E-state index in [9.17, 15) is 50.4 Å². The predicted molar refractivity (Wildman–Crippen MR) is 283 cm³/mol. The number of aromatic nitrogens is 4. The number of nitrogens with zero attached hydrogens (tertiary/aromatic N) is 2. The molecule has 2 saturated heterocycles. The summed E-state index contributed by atoms with van der Waals surface area (Å²) in [7, 11) is 0. The molecular weight excluding hydrogens is 989 g/mol. The van der Waals surface area contributed by atoms with E-state index in [1.165, 1.54) is 52.6 Å². The van der Waals surface area contributed by atoms with Gasteiger partial charge >= 0.3 is 0 Å². The molecule has 8 bridgehead atoms. The van der Waals surface area contributed by atoms with Crippen molar-refractivity contribution in [3.05, 3.63) is 68.8 Å². The summed E-state index contributed by atoms with van der Waals surface area (Å²) in [6.07, 6.45) is -6.80. The van der Waals surface area contributed by atoms with E-state index in [-0.39, 0.29) is 28.5 Å². The first-order valence-corrected chi connectivity index (χ1v) is 28.6. The molecule has 3 aromatic rings. The van der Waals surface area contributed by atoms with Crippen molar-refractivity contribution in [2.75, 3.05) is 36.2 Å². The van der Waals surface area contributed by atoms with Crippen LogP contribution < -0.4 is 0 Å². The van der Waals surface area contributed by atoms with Gasteiger partial charge in [-0.05, 0) is 123 Å². The largest absolute Gasteiger partial charge is 0.394 e. The molecule has 71 heavy (non-hydrogen) atoms. The SMILES string of the molecule is CCc1c(C)c2cc3[nH]c(cc4nc(c(C)c5nc(cc1[nH]2)C(C)=C5C(=O)SCCCS[C@@H]1O[C@H](CO)[C@@H](O)[C@H](O)[C@H]1O)[C@@H](CCC(=O)SCCCS[C@@H]1O[C@H](CO)[C@@H](O)[C@H](O)[C@H]1O)[C@@H]4C)c(C)c3CC. The quantitative estimate of drug-likeness (QED) is 0.0722. The first-order chi connectivity index (χ1) is 33.9. The number of rotatable bonds is 18. The first kappa shape index (κ1) is 55.9. The van der Waals surface area contributed by atoms with Crippen LogP contribution in [0.15, 0.2) is 18.2 Å². The number of aliphatic hydroxyl groups excluding tert-OH is 8. The maximum absolute atomic E-state index is 14.6. The number of aromatic amines is 2. The van der Waals surface area contributed by atoms with Crippen molar-refractivity contribution in [1.82, 2.24) is 19.9 Å². The molecule has 7 rings (SSSR count). The molecule has 7 heterocycles. The predicted octanol–water partition coefficient (Wildman–Crippen LogP) is 5.33. The number of carbonyl (C=O) groups is 2. The molecule has 0 unspecified atom stereocenters. The maximum Gasteiger partial charge on any atom is 0.221 e. The summed E-state index contributed by atoms with van der Waals surface area (Å²) in [6, 6.07) is 6.33. The number of fused-ring (bicyclic) bond motifs is 8. The Bertz CT molecular complexity index is 2600. The van der Waals surface area contributed by atoms with Gasteiger partial charge in [-0.1, -0.05) is 44.3 Å². The molecule has 12 atom stereocenters. The average molecular weight is 1060 g/mol. The van der Waals surface area contributed by atoms with Crippen LogP contribution in [0.25, 0.3) is 33.2 Å². The summed E-state index contributed by atoms with van der Waals surface area (Å²) in [5.41, 5.74) is 11.7. The lowest BCUT2D eigenvalue weighted by Gasteiger charge is -2.39. The smallest absolute Gasteiger partial charge is 0.221 e. The monoisotopic (exact) mass is 1060 g/mol. The van der Waals surface area contributed by atoms with E-state index in [1.807, 2.05) is 19.9 Å². The van der Waals surface area contributed by atoms with Crippen LogP contribution in [0.5, 0.6) is 0 Å². The normalized spacial score (nSPS) is 27.9. The van der Waals surface area contributed by atoms with Crippen LogP contribution in [0.3, 0.4) is 0 Å². The van der Waals surface area contributed by atoms with Crippen LogP contribution in [0.1, 0.15) is 116 Å². The molecule has 4 aliphatic rings. The Morgan fingerprint density at radius 2 is 1.17 bits per heavy atom. The third kappa shape index (κ3) is 12.0. The number of H-pyrrole nitrogens is 2. The summed E-state index contributed by atoms with van der Waals surface area (Å²) >= 11 is 4.94. The minimum Gasteiger partial charge on any atom is -0.394 e. The highest BCUT2D eigenvalue weighted by Crippen LogP contribution is 2.44. The Kier molecular flexibility index (Phi) is 19.5. The van der Waals surface area contributed by atoms with E-state index in [0.29, 0.717) is 59.2 Å². The summed E-state index contributed by atoms with van der Waals surface area (Å²) < 4.78 is 11.3. The molecule has 0 aliphatic carbocycles. The fraction of sp³-hybridized carbons (Fsp3) is 0.608. The van der Waals surface area contributed by atoms with Gasteiger partial charge in [-0.2, -0.15) is 0 Å². The standard InChI is InChI=1S/C51H70N4O12S4/c1-8-28-23(3)31-18-33-25(5)30(12-13-39(58)68-14-10-16-70-50-47(63)45(61)43(59)37(21-56)66-50)41(54-33)27(7)42-40(49(65)69-15-11-17-71-51-48(64)46(62)44(60)38(22-57)67-51)26(6)34(55-42)20-36-29(9-2)24(4)32(53-36)19-35(28)52-31/h18-20,25,30,37-38,43-48,50-53,56-57,59-64H,8-17,21-22H2,1-7H3/t25-,30-,37+,38+,43+,44+,45-,46-,47+,48+,50-,51-/m0/s1. The van der Waals surface area contributed by atoms with Gasteiger partial charge in [0.15, 0.2) is 5.12 Å². The zero-order valence-electron chi connectivity index (χ0n) is 41.4. The van der Waals surface area contributed by atoms with Gasteiger partial charge in [-0.25, -0.2) is 4.98 Å². The Morgan fingerprint density at radius 1 is 0.648 bits per heavy atom. The van der Waals surface area contributed by atoms with E-state index in [1.54, 1.807) is 0 Å². The van der Waals surface area contributed by atoms with Crippen molar-refractivity contribution in [2.45, 2.75) is 159 Å². The number of thioether (sulfide) groups is 4. The molecule has 0 radical (unpaired) electrons. The third-order valence-corrected chi connectivity index (χ3v) is 18.8. The van der Waals surface area contributed by atoms with Gasteiger partial charge in [0.25, 0.3) is 0 Å². The molecular formula is C51H70N4O12S4. The van der Waals surface area contributed by atoms with E-state index < -0.39 is 72.9 Å². The second kappa shape index (κ2) is 24.7. The number of hydrogen-bond acceptors (Lipinski definition) is 18. The second-order valence-electron chi connectivity index (χ2n) is 18.8. The highest BCUT2D eigenvalue weighted by Gasteiger charge is 2.45. The van der Waals surface area contributed by atoms with Crippen molar-refractivity contribution < 1.29 is 59.9 Å². The van der Waals surface area contributed by atoms with Gasteiger partial charge < -0.3 is 60.3 Å². The average Bonchev–Trinajstić information content (AvgIpc) is 4.05. The van der Waals surface area contributed by atoms with E-state index in [0.717, 1.165) is 74.1 Å². The van der Waals surface area contributed by atoms with Crippen molar-refractivity contribution in [3.63, 3.8) is 0 Å². The van der Waals surface area contributed by atoms with Crippen LogP contribution in [0, 0.1) is 20.8 Å². The minimum absolute atomic E-state index is 0.0270. The van der Waals surface area contributed by atoms with Crippen LogP contribution >= 0.6 is 47.0 Å². The van der Waals surface area contributed by atoms with Crippen LogP contribution in [-0.2, 0) is 31.9 Å². The summed E-state index contributed by atoms with van der Waals surface area (Å²) in [4.78, 5) is 46.1. The van der Waals surface area contributed by atoms with Crippen LogP contribution in [0.4, 0.5) is 0 Å². The number of aliphatic hydroxyl groups is 8. The number of nitrogens with one attached hydrogen (secondary N) is 2. The Hall–Kier alpha value is -2.80. The molecule has 0 saturated carbocycles. The maximum atomic E-state index is 14.6. The molecule has 0 aromatic carbocycles. The fourth-order valence-corrected chi connectivity index (χ4v) is 14.2. The van der Waals surface area contributed by atoms with Crippen LogP contribution in [-0.4, -0.2) is 167 Å². The van der Waals surface area contributed by atoms with Crippen molar-refractivity contribution in [1.29, 1.82) is 0 Å². The molecule has 4 aliphatic heterocycles. The summed E-state index contributed by atoms with van der Waals surface area (Å²) in [5.74, 6) is 1.72. The summed E-state index contributed by atoms with van der Waals surface area (Å²) in [5, 5.41) is 80.8. The molecule has 0 spiro atoms. The van der Waals surface area contributed by atoms with Gasteiger partial charge in [-0.3, -0.25) is 14.6 Å². The third-order valence-electron chi connectivity index (χ3n) is 14.3. The van der Waals surface area contributed by atoms with Gasteiger partial charge in [0.2, 0.25) is 5.12 Å². The van der Waals surface area contributed by atoms with Crippen molar-refractivity contribution in [2.24, 2.45) is 0 Å². The number of aryl methyl sites for hydroxylation is 4. The fourth-order valence-electron chi connectivity index (χ4n) is 9.96. The molecule has 2 fully saturated rings. The molecule has 10 N–H and O–H groups in total. The highest BCUT2D eigenvalue weighted by molar-refractivity contribution is 8.14. The van der Waals surface area contributed by atoms with E-state index >= 15 is 0 Å². The Morgan fingerprint density at radius 3 is 1.70 bits per heavy atom. The van der Waals surface area contributed by atoms with Gasteiger partial charge in [-0.15, -0.1) is 23.5 Å². The van der Waals surface area contributed by atoms with Gasteiger partial charge in [0, 0.05) is 63.2 Å². The van der Waals surface area contributed by atoms with E-state index in [4.69, 9.17) is 19.4 Å². The lowest BCUT2D eigenvalue weighted by Crippen LogP contribution is -2.57. The first-order valence-electron chi connectivity index (χ1n) is 24.5. The van der Waals surface area contributed by atoms with Crippen LogP contribution in [0.2, 0.25) is 0 Å². The van der Waals surface area contributed by atoms with Crippen molar-refractivity contribution in [3.8, 4) is 0 Å². The zero-order valence-corrected chi connectivity index (χ0v) is 44.6. The number of allylic oxidation sites excluding steroid dienone is 1. The number of ether oxygens (including phenoxy) is 2. The molecule has 3 aromatic heterocycles. The molecule has 390 valence electrons. The van der Waals surface area contributed by atoms with Crippen molar-refractivity contribution >= 4 is 90.5 Å². The number of carbonyl (C=O) groups excluding carboxylic acids is 2. The highest BCUT2D eigenvalue weighted by atomic mass is 32.2. The lowest BCUT2D eigenvalue weighted by molar-refractivity contribution is -0.205. The second-order valence-corrected chi connectivity index (χ2v) is 23.4. The van der Waals surface area contributed by atoms with Gasteiger partial charge in [0.1, 0.15) is 59.7 Å². The summed E-state index contributed by atoms with van der Waals surface area (Å²) in [6.45, 7) is 13.6. The molecule has 0 amide bonds. The lowest BCUT2D eigenvalue weighted by atomic mass is 9.85. The Labute approximate surface area is 431 Å². The zero-order chi connectivity index (χ0) is 51.4. The topological polar surface area (TPSA) is 272 Å². The Balaban J connectivity index is 1.17. The van der Waals surface area contributed by atoms with Gasteiger partial charge in [0.05, 0.1) is 30.2 Å².